The first-order chi connectivity index (χ1) is 13.6. The minimum atomic E-state index is 0.117. The molecule has 0 amide bonds. The molecule has 3 aliphatic rings. The van der Waals surface area contributed by atoms with Crippen molar-refractivity contribution >= 4 is 7.41 Å². The van der Waals surface area contributed by atoms with Gasteiger partial charge in [0.2, 0.25) is 7.41 Å². The molecule has 1 aromatic carbocycles. The molecule has 1 radical (unpaired) electrons. The van der Waals surface area contributed by atoms with E-state index in [0.717, 1.165) is 5.82 Å². The highest BCUT2D eigenvalue weighted by atomic mass is 15.2. The van der Waals surface area contributed by atoms with Gasteiger partial charge in [-0.3, -0.25) is 0 Å². The number of nitrogens with zero attached hydrogens (tertiary/aromatic N) is 1. The molecule has 1 saturated heterocycles. The van der Waals surface area contributed by atoms with Crippen molar-refractivity contribution in [3.05, 3.63) is 46.8 Å². The number of hydrogen-bond acceptors (Lipinski definition) is 3. The molecule has 4 rings (SSSR count). The molecule has 4 atom stereocenters. The summed E-state index contributed by atoms with van der Waals surface area (Å²) in [5.41, 5.74) is 6.83. The largest absolute Gasteiger partial charge is 0.420 e. The monoisotopic (exact) mass is 392 g/mol. The number of likely N-dealkylation sites (N-methyl/N-ethyl adjacent to an activating group) is 1. The van der Waals surface area contributed by atoms with Gasteiger partial charge in [-0.25, -0.2) is 0 Å². The van der Waals surface area contributed by atoms with Crippen molar-refractivity contribution in [2.45, 2.75) is 84.6 Å². The molecule has 1 aromatic rings. The number of benzene rings is 1. The molecular formula is C25H39BN3. The molecule has 2 N–H and O–H groups in total. The van der Waals surface area contributed by atoms with Crippen LogP contribution in [0.2, 0.25) is 6.82 Å². The third-order valence-corrected chi connectivity index (χ3v) is 9.33. The molecule has 29 heavy (non-hydrogen) atoms. The number of fused-ring (bicyclic) bond motifs is 1. The van der Waals surface area contributed by atoms with Crippen LogP contribution in [0.15, 0.2) is 24.5 Å². The number of hydrogen-bond donors (Lipinski definition) is 2. The van der Waals surface area contributed by atoms with E-state index in [1.165, 1.54) is 43.4 Å². The number of nitrogens with one attached hydrogen (secondary N) is 2. The molecule has 2 unspecified atom stereocenters. The first kappa shape index (κ1) is 20.8. The van der Waals surface area contributed by atoms with Crippen LogP contribution in [-0.2, 0) is 11.8 Å². The molecule has 0 spiro atoms. The van der Waals surface area contributed by atoms with Gasteiger partial charge in [0.1, 0.15) is 0 Å². The zero-order chi connectivity index (χ0) is 21.2. The normalized spacial score (nSPS) is 35.3. The Kier molecular flexibility index (Phi) is 4.89. The quantitative estimate of drug-likeness (QED) is 0.748. The van der Waals surface area contributed by atoms with Crippen LogP contribution in [0.1, 0.15) is 62.3 Å². The average Bonchev–Trinajstić information content (AvgIpc) is 2.64. The zero-order valence-corrected chi connectivity index (χ0v) is 19.6. The van der Waals surface area contributed by atoms with Gasteiger partial charge in [0, 0.05) is 17.5 Å². The second kappa shape index (κ2) is 6.80. The number of likely N-dealkylation sites (tertiary alicyclic amines) is 1. The van der Waals surface area contributed by atoms with E-state index in [1.54, 1.807) is 11.1 Å². The third kappa shape index (κ3) is 2.60. The smallest absolute Gasteiger partial charge is 0.240 e. The Bertz CT molecular complexity index is 832. The van der Waals surface area contributed by atoms with Crippen LogP contribution in [0.4, 0.5) is 0 Å². The van der Waals surface area contributed by atoms with E-state index in [4.69, 9.17) is 0 Å². The molecule has 3 nitrogen and oxygen atoms in total. The summed E-state index contributed by atoms with van der Waals surface area (Å²) in [5.74, 6) is 0.923. The lowest BCUT2D eigenvalue weighted by Gasteiger charge is -2.72. The van der Waals surface area contributed by atoms with Gasteiger partial charge >= 0.3 is 0 Å². The maximum absolute atomic E-state index is 4.23. The number of aryl methyl sites for hydroxylation is 1. The number of rotatable bonds is 4. The summed E-state index contributed by atoms with van der Waals surface area (Å²) >= 11 is 0. The fourth-order valence-corrected chi connectivity index (χ4v) is 7.73. The van der Waals surface area contributed by atoms with Crippen molar-refractivity contribution in [2.24, 2.45) is 10.8 Å². The summed E-state index contributed by atoms with van der Waals surface area (Å²) < 4.78 is 0. The topological polar surface area (TPSA) is 27.3 Å². The van der Waals surface area contributed by atoms with Crippen LogP contribution >= 0.6 is 0 Å². The molecule has 1 saturated carbocycles. The molecule has 1 heterocycles. The Hall–Kier alpha value is -1.42. The molecule has 0 aromatic heterocycles. The molecule has 1 aliphatic heterocycles. The minimum absolute atomic E-state index is 0.117. The second-order valence-corrected chi connectivity index (χ2v) is 10.7. The van der Waals surface area contributed by atoms with Crippen molar-refractivity contribution in [2.75, 3.05) is 13.6 Å². The Labute approximate surface area is 179 Å². The summed E-state index contributed by atoms with van der Waals surface area (Å²) in [4.78, 5) is 2.66. The summed E-state index contributed by atoms with van der Waals surface area (Å²) in [6, 6.07) is 5.81. The summed E-state index contributed by atoms with van der Waals surface area (Å²) in [5, 5.41) is 7.06. The maximum Gasteiger partial charge on any atom is 0.240 e. The third-order valence-electron chi connectivity index (χ3n) is 9.33. The van der Waals surface area contributed by atoms with Gasteiger partial charge in [-0.2, -0.15) is 0 Å². The van der Waals surface area contributed by atoms with Gasteiger partial charge < -0.3 is 15.4 Å². The molecule has 2 bridgehead atoms. The van der Waals surface area contributed by atoms with E-state index < -0.39 is 0 Å². The van der Waals surface area contributed by atoms with E-state index in [0.29, 0.717) is 17.5 Å². The molecular weight excluding hydrogens is 353 g/mol. The Balaban J connectivity index is 1.92. The fourth-order valence-electron chi connectivity index (χ4n) is 7.73. The molecule has 2 aliphatic carbocycles. The van der Waals surface area contributed by atoms with E-state index in [9.17, 15) is 0 Å². The Morgan fingerprint density at radius 3 is 2.62 bits per heavy atom. The molecule has 4 heteroatoms. The van der Waals surface area contributed by atoms with Crippen molar-refractivity contribution in [3.8, 4) is 0 Å². The van der Waals surface area contributed by atoms with E-state index in [1.807, 2.05) is 14.2 Å². The lowest BCUT2D eigenvalue weighted by atomic mass is 9.36. The van der Waals surface area contributed by atoms with Crippen molar-refractivity contribution in [3.63, 3.8) is 0 Å². The van der Waals surface area contributed by atoms with Crippen LogP contribution in [-0.4, -0.2) is 38.0 Å². The van der Waals surface area contributed by atoms with E-state index in [-0.39, 0.29) is 10.8 Å². The SMILES string of the molecule is C=C(N[B]C)NC1CCC2(C)[C@H]3Cc4ccc(C)c(C)c4[C@@]2(CCN3C)C1(C)C. The first-order valence-electron chi connectivity index (χ1n) is 11.4. The molecule has 2 fully saturated rings. The van der Waals surface area contributed by atoms with Gasteiger partial charge in [0.25, 0.3) is 0 Å². The summed E-state index contributed by atoms with van der Waals surface area (Å²) in [6.07, 6.45) is 4.89. The number of piperidine rings is 1. The van der Waals surface area contributed by atoms with Gasteiger partial charge in [-0.1, -0.05) is 46.3 Å². The second-order valence-electron chi connectivity index (χ2n) is 10.7. The molecule has 157 valence electrons. The summed E-state index contributed by atoms with van der Waals surface area (Å²) in [6.45, 7) is 19.8. The predicted molar refractivity (Wildman–Crippen MR) is 124 cm³/mol. The van der Waals surface area contributed by atoms with Gasteiger partial charge in [0.15, 0.2) is 0 Å². The van der Waals surface area contributed by atoms with E-state index in [2.05, 4.69) is 75.8 Å². The predicted octanol–water partition coefficient (Wildman–Crippen LogP) is 4.31. The highest BCUT2D eigenvalue weighted by Crippen LogP contribution is 2.69. The zero-order valence-electron chi connectivity index (χ0n) is 19.6. The fraction of sp³-hybridized carbons (Fsp3) is 0.680. The van der Waals surface area contributed by atoms with Crippen LogP contribution in [0.5, 0.6) is 0 Å². The van der Waals surface area contributed by atoms with Gasteiger partial charge in [-0.05, 0) is 86.2 Å². The van der Waals surface area contributed by atoms with Gasteiger partial charge in [-0.15, -0.1) is 0 Å². The van der Waals surface area contributed by atoms with E-state index >= 15 is 0 Å². The first-order valence-corrected chi connectivity index (χ1v) is 11.4. The van der Waals surface area contributed by atoms with Crippen molar-refractivity contribution in [1.29, 1.82) is 0 Å². The highest BCUT2D eigenvalue weighted by Gasteiger charge is 2.69. The Morgan fingerprint density at radius 2 is 1.93 bits per heavy atom. The van der Waals surface area contributed by atoms with Crippen LogP contribution in [0, 0.1) is 24.7 Å². The maximum atomic E-state index is 4.23. The average molecular weight is 392 g/mol. The summed E-state index contributed by atoms with van der Waals surface area (Å²) in [7, 11) is 4.31. The van der Waals surface area contributed by atoms with Crippen LogP contribution in [0.3, 0.4) is 0 Å². The lowest BCUT2D eigenvalue weighted by Crippen LogP contribution is -2.74. The van der Waals surface area contributed by atoms with Crippen molar-refractivity contribution in [1.82, 2.24) is 15.4 Å². The van der Waals surface area contributed by atoms with Crippen LogP contribution < -0.4 is 10.5 Å². The lowest BCUT2D eigenvalue weighted by molar-refractivity contribution is -0.145. The van der Waals surface area contributed by atoms with Gasteiger partial charge in [0.05, 0.1) is 5.82 Å². The standard InChI is InChI=1S/C25H39BN3/c1-16-9-10-19-15-21-24(6)12-11-20(27-18(3)28-26-7)23(4,5)25(24,13-14-29(21)8)22(19)17(16)2/h9-10,20-21,27-28H,3,11-15H2,1-2,4-8H3/t20?,21-,24?,25+/m1/s1. The Morgan fingerprint density at radius 1 is 1.21 bits per heavy atom. The minimum Gasteiger partial charge on any atom is -0.420 e. The van der Waals surface area contributed by atoms with Crippen molar-refractivity contribution < 1.29 is 0 Å². The highest BCUT2D eigenvalue weighted by molar-refractivity contribution is 6.30. The van der Waals surface area contributed by atoms with Crippen LogP contribution in [0.25, 0.3) is 0 Å².